The Morgan fingerprint density at radius 3 is 1.06 bits per heavy atom. The van der Waals surface area contributed by atoms with Gasteiger partial charge in [0.15, 0.2) is 0 Å². The van der Waals surface area contributed by atoms with Crippen LogP contribution >= 0.6 is 68.0 Å². The first-order valence-corrected chi connectivity index (χ1v) is 46.2. The fourth-order valence-corrected chi connectivity index (χ4v) is 27.1. The van der Waals surface area contributed by atoms with Crippen LogP contribution < -0.4 is 9.47 Å². The minimum atomic E-state index is -5.87. The van der Waals surface area contributed by atoms with Crippen LogP contribution in [0.1, 0.15) is 97.0 Å². The van der Waals surface area contributed by atoms with Gasteiger partial charge < -0.3 is 9.47 Å². The van der Waals surface area contributed by atoms with Gasteiger partial charge in [-0.25, -0.2) is 26.8 Å². The van der Waals surface area contributed by atoms with Gasteiger partial charge in [0, 0.05) is 55.7 Å². The Kier molecular flexibility index (Phi) is 23.1. The molecule has 0 bridgehead atoms. The number of ether oxygens (including phenoxy) is 2. The number of hydrogen-bond donors (Lipinski definition) is 0. The minimum Gasteiger partial charge on any atom is -0.497 e. The predicted octanol–water partition coefficient (Wildman–Crippen LogP) is 28.3. The lowest BCUT2D eigenvalue weighted by molar-refractivity contribution is -0.263. The van der Waals surface area contributed by atoms with Crippen LogP contribution in [-0.4, -0.2) is 94.3 Å². The lowest BCUT2D eigenvalue weighted by Crippen LogP contribution is -2.49. The Hall–Kier alpha value is -9.33. The molecular weight excluding hydrogens is 1840 g/mol. The van der Waals surface area contributed by atoms with E-state index in [4.69, 9.17) is 9.47 Å². The Labute approximate surface area is 733 Å². The predicted molar refractivity (Wildman–Crippen MR) is 463 cm³/mol. The summed E-state index contributed by atoms with van der Waals surface area (Å²) in [5, 5.41) is 0.428. The third-order valence-corrected chi connectivity index (χ3v) is 34.3. The number of thiophene rings is 4. The third-order valence-electron chi connectivity index (χ3n) is 21.8. The smallest absolute Gasteiger partial charge is 0.380 e. The molecular formula is C90H66F18N2O6S9. The normalized spacial score (nSPS) is 21.4. The fraction of sp³-hybridized carbons (Fsp3) is 0.244. The molecule has 0 spiro atoms. The van der Waals surface area contributed by atoms with Crippen molar-refractivity contribution in [3.8, 4) is 52.1 Å². The number of nitrogens with zero attached hydrogens (tertiary/aromatic N) is 2. The van der Waals surface area contributed by atoms with E-state index >= 15 is 61.5 Å². The molecule has 0 radical (unpaired) electrons. The van der Waals surface area contributed by atoms with Crippen LogP contribution in [0.25, 0.3) is 72.1 Å². The van der Waals surface area contributed by atoms with Gasteiger partial charge >= 0.3 is 53.3 Å². The first kappa shape index (κ1) is 90.5. The number of benzene rings is 4. The summed E-state index contributed by atoms with van der Waals surface area (Å²) in [7, 11) is -6.93. The topological polar surface area (TPSA) is 113 Å². The third kappa shape index (κ3) is 14.5. The molecule has 2 unspecified atom stereocenters. The molecule has 17 rings (SSSR count). The molecule has 7 aliphatic rings. The van der Waals surface area contributed by atoms with Crippen LogP contribution in [0.2, 0.25) is 0 Å². The van der Waals surface area contributed by atoms with Crippen molar-refractivity contribution >= 4 is 131 Å². The van der Waals surface area contributed by atoms with Crippen molar-refractivity contribution in [1.82, 2.24) is 9.97 Å². The van der Waals surface area contributed by atoms with E-state index in [-0.39, 0.29) is 69.7 Å². The van der Waals surface area contributed by atoms with E-state index < -0.39 is 148 Å². The molecule has 6 aromatic heterocycles. The second-order valence-corrected chi connectivity index (χ2v) is 41.6. The fourth-order valence-electron chi connectivity index (χ4n) is 15.4. The lowest BCUT2D eigenvalue weighted by atomic mass is 9.93. The highest BCUT2D eigenvalue weighted by Gasteiger charge is 2.84. The number of alkyl halides is 18. The van der Waals surface area contributed by atoms with Crippen molar-refractivity contribution in [3.63, 3.8) is 0 Å². The maximum atomic E-state index is 15.8. The van der Waals surface area contributed by atoms with Crippen LogP contribution in [-0.2, 0) is 31.4 Å². The van der Waals surface area contributed by atoms with E-state index in [1.807, 2.05) is 44.2 Å². The van der Waals surface area contributed by atoms with Crippen molar-refractivity contribution in [2.24, 2.45) is 0 Å². The Balaban J connectivity index is 0.000000146. The maximum Gasteiger partial charge on any atom is 0.380 e. The summed E-state index contributed by atoms with van der Waals surface area (Å²) in [6, 6.07) is 40.5. The van der Waals surface area contributed by atoms with E-state index in [1.54, 1.807) is 134 Å². The summed E-state index contributed by atoms with van der Waals surface area (Å²) < 4.78 is 342. The van der Waals surface area contributed by atoms with Gasteiger partial charge in [-0.3, -0.25) is 0 Å². The standard InChI is InChI=1S/C34H24F6O2S5.C29H22F6O2S2.C27H20F6N2O2S2/c1-16-13-20(22-9-10-25(45-22)23-7-5-18(3)43-23)15-21(16)29-30(33(37,38)34(39,40)32(29,35)36)31-17(2)14-28(47(31,41)42)27-12-11-26(46-27)24-8-6-19(4)44-24;1-15-5-9-19(10-6-15)21-13-17(3)25(38(21)36)23-24(28(32,33)29(34,35)27(23,30)31)26-18(4)14-22(39(26)37)20-11-7-16(2)8-12-20;1-13-21(38-23(34-13)15-5-9-17(36-3)10-6-15)19-20(26(30,31)27(32,33)25(19,28)29)22-14(2)35-24(39-22)16-7-11-18(37-4)12-8-16/h5-14H,15H2,1-4H3;5-14H,1-4H3;5-12H,1-4H3. The number of thiazole rings is 2. The van der Waals surface area contributed by atoms with Crippen molar-refractivity contribution in [2.45, 2.75) is 129 Å². The second-order valence-electron chi connectivity index (χ2n) is 30.2. The molecule has 125 heavy (non-hydrogen) atoms. The Bertz CT molecular complexity index is 6490. The summed E-state index contributed by atoms with van der Waals surface area (Å²) in [5.41, 5.74) is -6.79. The highest BCUT2D eigenvalue weighted by Crippen LogP contribution is 2.70. The van der Waals surface area contributed by atoms with Crippen LogP contribution in [0.5, 0.6) is 11.5 Å². The van der Waals surface area contributed by atoms with Crippen molar-refractivity contribution in [2.75, 3.05) is 14.2 Å². The molecule has 3 aliphatic heterocycles. The minimum absolute atomic E-state index is 0.0281. The van der Waals surface area contributed by atoms with Gasteiger partial charge in [0.1, 0.15) is 21.5 Å². The zero-order chi connectivity index (χ0) is 90.8. The molecule has 0 fully saturated rings. The number of halogens is 18. The Morgan fingerprint density at radius 2 is 0.680 bits per heavy atom. The summed E-state index contributed by atoms with van der Waals surface area (Å²) >= 11 is 6.82. The molecule has 9 heterocycles. The molecule has 4 aliphatic carbocycles. The summed E-state index contributed by atoms with van der Waals surface area (Å²) in [6.45, 7) is 15.2. The SMILES string of the molecule is CC1=C(C2=C(C3=C(C)C=C(c4ccc(-c5ccc(C)s5)s4)S3(=O)=O)C(F)(F)C(F)(F)C2(F)F)CC(c2ccc(-c3ccc(C)s3)s2)=C1.CC1=C(C2=C(C3=C(C)C=C(c4ccc(C)cc4)S3=O)C(F)(F)C(F)(F)C2(F)F)S(=O)C(c2ccc(C)cc2)=C1.COc1ccc(-c2nc(C)c(C3=C(c4sc(-c5ccc(OC)cc5)nc4C)C(F)(F)C(F)(F)C3(F)F)s2)cc1. The van der Waals surface area contributed by atoms with E-state index in [0.29, 0.717) is 66.9 Å². The molecule has 2 atom stereocenters. The summed E-state index contributed by atoms with van der Waals surface area (Å²) in [5.74, 6) is -48.3. The van der Waals surface area contributed by atoms with Crippen LogP contribution in [0.15, 0.2) is 235 Å². The largest absolute Gasteiger partial charge is 0.497 e. The van der Waals surface area contributed by atoms with Gasteiger partial charge in [0.25, 0.3) is 0 Å². The highest BCUT2D eigenvalue weighted by atomic mass is 32.2. The van der Waals surface area contributed by atoms with E-state index in [1.165, 1.54) is 103 Å². The van der Waals surface area contributed by atoms with Gasteiger partial charge in [0.05, 0.1) is 114 Å². The summed E-state index contributed by atoms with van der Waals surface area (Å²) in [6.07, 6.45) is 4.83. The van der Waals surface area contributed by atoms with Crippen molar-refractivity contribution < 1.29 is 105 Å². The number of rotatable bonds is 16. The first-order valence-electron chi connectivity index (χ1n) is 37.6. The van der Waals surface area contributed by atoms with Crippen molar-refractivity contribution in [1.29, 1.82) is 0 Å². The zero-order valence-electron chi connectivity index (χ0n) is 67.2. The van der Waals surface area contributed by atoms with Crippen LogP contribution in [0, 0.1) is 41.5 Å². The summed E-state index contributed by atoms with van der Waals surface area (Å²) in [4.78, 5) is 11.0. The van der Waals surface area contributed by atoms with Gasteiger partial charge in [-0.05, 0) is 236 Å². The zero-order valence-corrected chi connectivity index (χ0v) is 74.5. The number of aromatic nitrogens is 2. The number of hydrogen-bond acceptors (Lipinski definition) is 14. The van der Waals surface area contributed by atoms with E-state index in [2.05, 4.69) is 9.97 Å². The number of sulfone groups is 1. The lowest BCUT2D eigenvalue weighted by Gasteiger charge is -2.26. The van der Waals surface area contributed by atoms with Gasteiger partial charge in [-0.2, -0.15) is 79.0 Å². The molecule has 0 N–H and O–H groups in total. The monoisotopic (exact) mass is 1900 g/mol. The molecule has 0 saturated heterocycles. The molecule has 652 valence electrons. The average molecular weight is 1900 g/mol. The van der Waals surface area contributed by atoms with Crippen LogP contribution in [0.4, 0.5) is 79.0 Å². The van der Waals surface area contributed by atoms with Gasteiger partial charge in [0.2, 0.25) is 9.84 Å². The highest BCUT2D eigenvalue weighted by molar-refractivity contribution is 8.05. The molecule has 35 heteroatoms. The van der Waals surface area contributed by atoms with Gasteiger partial charge in [-0.15, -0.1) is 68.0 Å². The van der Waals surface area contributed by atoms with Crippen molar-refractivity contribution in [3.05, 3.63) is 298 Å². The van der Waals surface area contributed by atoms with E-state index in [0.717, 1.165) is 57.8 Å². The number of methoxy groups -OCH3 is 2. The molecule has 4 aromatic carbocycles. The Morgan fingerprint density at radius 1 is 0.344 bits per heavy atom. The van der Waals surface area contributed by atoms with Crippen LogP contribution in [0.3, 0.4) is 0 Å². The molecule has 0 amide bonds. The second kappa shape index (κ2) is 31.9. The quantitative estimate of drug-likeness (QED) is 0.0879. The van der Waals surface area contributed by atoms with Gasteiger partial charge in [-0.1, -0.05) is 65.7 Å². The molecule has 0 saturated carbocycles. The average Bonchev–Trinajstić information content (AvgIpc) is 1.53. The number of allylic oxidation sites excluding steroid dienone is 16. The molecule has 8 nitrogen and oxygen atoms in total. The number of aryl methyl sites for hydroxylation is 6. The molecule has 10 aromatic rings. The first-order chi connectivity index (χ1) is 58.4. The maximum absolute atomic E-state index is 15.8. The van der Waals surface area contributed by atoms with E-state index in [9.17, 15) is 34.4 Å².